The molecular weight excluding hydrogens is 362 g/mol. The molecule has 1 aliphatic heterocycles. The summed E-state index contributed by atoms with van der Waals surface area (Å²) in [5, 5.41) is 0.0387. The Morgan fingerprint density at radius 1 is 1.30 bits per heavy atom. The minimum Gasteiger partial charge on any atom is -0.460 e. The smallest absolute Gasteiger partial charge is 0.460 e. The Balaban J connectivity index is 2.33. The standard InChI is InChI=1S/C19H27N3O4Si/c1-19(2,3)27(5,6)26-12-14-11-13-9-7-8-10-15(13)22(14)17(23)16(21-20)18(24)25-4/h7-10,14H,11-12H2,1-6H3. The maximum Gasteiger partial charge on any atom is 0.463 e. The van der Waals surface area contributed by atoms with Crippen LogP contribution >= 0.6 is 0 Å². The van der Waals surface area contributed by atoms with Crippen LogP contribution in [0.25, 0.3) is 5.53 Å². The number of ether oxygens (including phenoxy) is 1. The quantitative estimate of drug-likeness (QED) is 0.193. The first-order chi connectivity index (χ1) is 12.5. The third-order valence-electron chi connectivity index (χ3n) is 5.41. The molecule has 2 rings (SSSR count). The molecule has 0 aromatic heterocycles. The fourth-order valence-corrected chi connectivity index (χ4v) is 3.81. The van der Waals surface area contributed by atoms with Crippen molar-refractivity contribution in [3.05, 3.63) is 35.4 Å². The van der Waals surface area contributed by atoms with Gasteiger partial charge in [-0.2, -0.15) is 4.79 Å². The molecule has 0 fully saturated rings. The molecular formula is C19H27N3O4Si. The van der Waals surface area contributed by atoms with Gasteiger partial charge >= 0.3 is 17.6 Å². The van der Waals surface area contributed by atoms with Gasteiger partial charge in [-0.05, 0) is 36.2 Å². The highest BCUT2D eigenvalue weighted by Gasteiger charge is 2.44. The van der Waals surface area contributed by atoms with E-state index in [9.17, 15) is 15.1 Å². The summed E-state index contributed by atoms with van der Waals surface area (Å²) in [6, 6.07) is 7.19. The maximum absolute atomic E-state index is 13.0. The van der Waals surface area contributed by atoms with Crippen LogP contribution in [-0.2, 0) is 25.2 Å². The van der Waals surface area contributed by atoms with Crippen LogP contribution in [0.2, 0.25) is 18.1 Å². The topological polar surface area (TPSA) is 92.2 Å². The number of hydrogen-bond donors (Lipinski definition) is 0. The molecule has 0 spiro atoms. The van der Waals surface area contributed by atoms with Crippen LogP contribution in [0.4, 0.5) is 5.69 Å². The van der Waals surface area contributed by atoms with Crippen LogP contribution in [0, 0.1) is 0 Å². The molecule has 0 saturated carbocycles. The molecule has 7 nitrogen and oxygen atoms in total. The number of carbonyl (C=O) groups is 2. The molecule has 0 radical (unpaired) electrons. The Morgan fingerprint density at radius 2 is 1.93 bits per heavy atom. The molecule has 1 atom stereocenters. The van der Waals surface area contributed by atoms with Crippen molar-refractivity contribution in [1.82, 2.24) is 0 Å². The van der Waals surface area contributed by atoms with E-state index in [0.717, 1.165) is 12.7 Å². The highest BCUT2D eigenvalue weighted by molar-refractivity contribution is 6.74. The molecule has 1 aromatic carbocycles. The van der Waals surface area contributed by atoms with Crippen LogP contribution in [0.3, 0.4) is 0 Å². The fourth-order valence-electron chi connectivity index (χ4n) is 2.77. The van der Waals surface area contributed by atoms with Crippen molar-refractivity contribution in [3.63, 3.8) is 0 Å². The van der Waals surface area contributed by atoms with E-state index in [1.54, 1.807) is 0 Å². The second kappa shape index (κ2) is 7.76. The van der Waals surface area contributed by atoms with E-state index in [1.807, 2.05) is 24.3 Å². The van der Waals surface area contributed by atoms with E-state index < -0.39 is 25.9 Å². The second-order valence-corrected chi connectivity index (χ2v) is 13.0. The number of methoxy groups -OCH3 is 1. The van der Waals surface area contributed by atoms with Gasteiger partial charge in [0.15, 0.2) is 8.32 Å². The third kappa shape index (κ3) is 4.18. The molecule has 146 valence electrons. The van der Waals surface area contributed by atoms with Gasteiger partial charge in [-0.1, -0.05) is 39.0 Å². The molecule has 0 N–H and O–H groups in total. The Labute approximate surface area is 161 Å². The molecule has 1 aliphatic rings. The number of rotatable bonds is 5. The zero-order chi connectivity index (χ0) is 20.4. The largest absolute Gasteiger partial charge is 0.463 e. The molecule has 0 aliphatic carbocycles. The number of para-hydroxylation sites is 1. The average molecular weight is 390 g/mol. The van der Waals surface area contributed by atoms with Crippen molar-refractivity contribution >= 4 is 31.6 Å². The van der Waals surface area contributed by atoms with Crippen molar-refractivity contribution < 1.29 is 23.5 Å². The van der Waals surface area contributed by atoms with Gasteiger partial charge in [0.1, 0.15) is 0 Å². The van der Waals surface area contributed by atoms with Gasteiger partial charge in [0.25, 0.3) is 0 Å². The van der Waals surface area contributed by atoms with E-state index in [0.29, 0.717) is 18.7 Å². The first-order valence-electron chi connectivity index (χ1n) is 8.89. The van der Waals surface area contributed by atoms with Gasteiger partial charge in [-0.3, -0.25) is 9.69 Å². The average Bonchev–Trinajstić information content (AvgIpc) is 2.97. The van der Waals surface area contributed by atoms with E-state index in [1.165, 1.54) is 4.90 Å². The second-order valence-electron chi connectivity index (χ2n) is 8.17. The van der Waals surface area contributed by atoms with E-state index >= 15 is 0 Å². The van der Waals surface area contributed by atoms with Crippen molar-refractivity contribution in [1.29, 1.82) is 0 Å². The van der Waals surface area contributed by atoms with Crippen LogP contribution < -0.4 is 4.90 Å². The van der Waals surface area contributed by atoms with Crippen molar-refractivity contribution in [2.24, 2.45) is 0 Å². The van der Waals surface area contributed by atoms with Crippen molar-refractivity contribution in [2.45, 2.75) is 51.4 Å². The van der Waals surface area contributed by atoms with Crippen LogP contribution in [0.1, 0.15) is 26.3 Å². The number of anilines is 1. The van der Waals surface area contributed by atoms with Gasteiger partial charge in [-0.25, -0.2) is 4.79 Å². The molecule has 0 bridgehead atoms. The normalized spacial score (nSPS) is 16.5. The number of carbonyl (C=O) groups excluding carboxylic acids is 2. The molecule has 1 heterocycles. The zero-order valence-corrected chi connectivity index (χ0v) is 17.8. The highest BCUT2D eigenvalue weighted by atomic mass is 28.4. The van der Waals surface area contributed by atoms with E-state index in [4.69, 9.17) is 4.43 Å². The van der Waals surface area contributed by atoms with Crippen molar-refractivity contribution in [3.8, 4) is 0 Å². The zero-order valence-electron chi connectivity index (χ0n) is 16.8. The predicted molar refractivity (Wildman–Crippen MR) is 105 cm³/mol. The number of nitrogens with zero attached hydrogens (tertiary/aromatic N) is 3. The lowest BCUT2D eigenvalue weighted by Crippen LogP contribution is -2.50. The Morgan fingerprint density at radius 3 is 2.48 bits per heavy atom. The number of hydrogen-bond acceptors (Lipinski definition) is 4. The van der Waals surface area contributed by atoms with Crippen LogP contribution in [0.15, 0.2) is 24.3 Å². The monoisotopic (exact) mass is 389 g/mol. The summed E-state index contributed by atoms with van der Waals surface area (Å²) in [6.07, 6.45) is 0.608. The lowest BCUT2D eigenvalue weighted by atomic mass is 10.1. The number of fused-ring (bicyclic) bond motifs is 1. The summed E-state index contributed by atoms with van der Waals surface area (Å²) in [5.41, 5.74) is 10.2. The van der Waals surface area contributed by atoms with Gasteiger partial charge in [0.2, 0.25) is 0 Å². The summed E-state index contributed by atoms with van der Waals surface area (Å²) < 4.78 is 10.9. The summed E-state index contributed by atoms with van der Waals surface area (Å²) in [5.74, 6) is -1.67. The van der Waals surface area contributed by atoms with Crippen molar-refractivity contribution in [2.75, 3.05) is 18.6 Å². The minimum atomic E-state index is -2.01. The number of benzene rings is 1. The lowest BCUT2D eigenvalue weighted by Gasteiger charge is -2.37. The summed E-state index contributed by atoms with van der Waals surface area (Å²) in [7, 11) is -0.878. The summed E-state index contributed by atoms with van der Waals surface area (Å²) in [6.45, 7) is 11.1. The predicted octanol–water partition coefficient (Wildman–Crippen LogP) is 2.81. The highest BCUT2D eigenvalue weighted by Crippen LogP contribution is 2.38. The Hall–Kier alpha value is -2.28. The number of esters is 1. The molecule has 0 saturated heterocycles. The first-order valence-corrected chi connectivity index (χ1v) is 11.8. The first kappa shape index (κ1) is 21.0. The van der Waals surface area contributed by atoms with Crippen LogP contribution in [-0.4, -0.2) is 50.5 Å². The minimum absolute atomic E-state index is 0.0387. The SMILES string of the molecule is COC(=O)C(=[N+]=[N-])C(=O)N1c2ccccc2CC1CO[Si](C)(C)C(C)(C)C. The van der Waals surface area contributed by atoms with Gasteiger partial charge in [0, 0.05) is 5.69 Å². The summed E-state index contributed by atoms with van der Waals surface area (Å²) in [4.78, 5) is 29.1. The summed E-state index contributed by atoms with van der Waals surface area (Å²) >= 11 is 0. The molecule has 1 amide bonds. The van der Waals surface area contributed by atoms with E-state index in [-0.39, 0.29) is 11.1 Å². The fraction of sp³-hybridized carbons (Fsp3) is 0.526. The maximum atomic E-state index is 13.0. The van der Waals surface area contributed by atoms with Crippen LogP contribution in [0.5, 0.6) is 0 Å². The molecule has 27 heavy (non-hydrogen) atoms. The molecule has 8 heteroatoms. The molecule has 1 aromatic rings. The van der Waals surface area contributed by atoms with E-state index in [2.05, 4.69) is 43.4 Å². The number of amides is 1. The Bertz CT molecular complexity index is 794. The van der Waals surface area contributed by atoms with Gasteiger partial charge in [0.05, 0.1) is 19.8 Å². The third-order valence-corrected chi connectivity index (χ3v) is 9.92. The van der Waals surface area contributed by atoms with Gasteiger partial charge < -0.3 is 14.7 Å². The lowest BCUT2D eigenvalue weighted by molar-refractivity contribution is -0.139. The molecule has 1 unspecified atom stereocenters. The Kier molecular flexibility index (Phi) is 6.04. The van der Waals surface area contributed by atoms with Gasteiger partial charge in [-0.15, -0.1) is 0 Å².